The maximum absolute atomic E-state index is 10.9. The Morgan fingerprint density at radius 2 is 1.64 bits per heavy atom. The van der Waals surface area contributed by atoms with E-state index in [9.17, 15) is 15.3 Å². The van der Waals surface area contributed by atoms with Gasteiger partial charge in [-0.2, -0.15) is 0 Å². The van der Waals surface area contributed by atoms with E-state index in [1.807, 2.05) is 42.3 Å². The molecule has 2 rings (SSSR count). The number of nitrogens with zero attached hydrogens (tertiary/aromatic N) is 1. The quantitative estimate of drug-likeness (QED) is 0.613. The van der Waals surface area contributed by atoms with Gasteiger partial charge in [0.25, 0.3) is 0 Å². The van der Waals surface area contributed by atoms with Gasteiger partial charge < -0.3 is 20.2 Å². The minimum absolute atomic E-state index is 0.0343. The minimum atomic E-state index is -0.845. The zero-order valence-electron chi connectivity index (χ0n) is 14.6. The van der Waals surface area contributed by atoms with E-state index in [-0.39, 0.29) is 6.61 Å². The molecule has 0 saturated heterocycles. The minimum Gasteiger partial charge on any atom is -0.392 e. The Morgan fingerprint density at radius 3 is 2.20 bits per heavy atom. The highest BCUT2D eigenvalue weighted by molar-refractivity contribution is 5.30. The first kappa shape index (κ1) is 19.3. The van der Waals surface area contributed by atoms with E-state index in [0.717, 1.165) is 16.7 Å². The van der Waals surface area contributed by atoms with Crippen LogP contribution >= 0.6 is 0 Å². The number of aliphatic hydroxyl groups excluding tert-OH is 3. The molecule has 2 aromatic rings. The van der Waals surface area contributed by atoms with Crippen LogP contribution in [0.1, 0.15) is 28.7 Å². The molecule has 0 fully saturated rings. The van der Waals surface area contributed by atoms with Crippen molar-refractivity contribution in [3.05, 3.63) is 83.9 Å². The van der Waals surface area contributed by atoms with E-state index in [1.54, 1.807) is 30.3 Å². The van der Waals surface area contributed by atoms with Crippen molar-refractivity contribution in [3.8, 4) is 0 Å². The molecule has 3 atom stereocenters. The largest absolute Gasteiger partial charge is 0.392 e. The van der Waals surface area contributed by atoms with Gasteiger partial charge in [-0.15, -0.1) is 6.58 Å². The van der Waals surface area contributed by atoms with E-state index in [4.69, 9.17) is 0 Å². The molecule has 2 aromatic carbocycles. The molecule has 0 aliphatic carbocycles. The number of likely N-dealkylation sites (N-methyl/N-ethyl adjacent to an activating group) is 1. The molecule has 0 aliphatic heterocycles. The molecule has 134 valence electrons. The third-order valence-electron chi connectivity index (χ3n) is 4.38. The van der Waals surface area contributed by atoms with Gasteiger partial charge in [0.15, 0.2) is 0 Å². The molecule has 4 nitrogen and oxygen atoms in total. The molecule has 0 heterocycles. The second-order valence-corrected chi connectivity index (χ2v) is 6.36. The summed E-state index contributed by atoms with van der Waals surface area (Å²) in [7, 11) is 1.91. The monoisotopic (exact) mass is 341 g/mol. The van der Waals surface area contributed by atoms with Crippen LogP contribution in [0.5, 0.6) is 0 Å². The second kappa shape index (κ2) is 9.49. The Labute approximate surface area is 149 Å². The van der Waals surface area contributed by atoms with E-state index in [0.29, 0.717) is 13.1 Å². The highest BCUT2D eigenvalue weighted by atomic mass is 16.3. The zero-order valence-corrected chi connectivity index (χ0v) is 14.6. The van der Waals surface area contributed by atoms with Crippen LogP contribution in [0.15, 0.2) is 67.3 Å². The Morgan fingerprint density at radius 1 is 1.00 bits per heavy atom. The number of rotatable bonds is 9. The van der Waals surface area contributed by atoms with Crippen molar-refractivity contribution < 1.29 is 15.3 Å². The van der Waals surface area contributed by atoms with Crippen molar-refractivity contribution in [2.24, 2.45) is 0 Å². The van der Waals surface area contributed by atoms with Gasteiger partial charge >= 0.3 is 0 Å². The van der Waals surface area contributed by atoms with E-state index >= 15 is 0 Å². The molecular weight excluding hydrogens is 314 g/mol. The summed E-state index contributed by atoms with van der Waals surface area (Å²) in [6, 6.07) is 16.7. The molecular formula is C21H27NO3. The Balaban J connectivity index is 2.28. The zero-order chi connectivity index (χ0) is 18.2. The van der Waals surface area contributed by atoms with E-state index in [2.05, 4.69) is 6.58 Å². The van der Waals surface area contributed by atoms with E-state index < -0.39 is 18.1 Å². The highest BCUT2D eigenvalue weighted by Gasteiger charge is 2.30. The first-order valence-corrected chi connectivity index (χ1v) is 8.47. The number of hydrogen-bond donors (Lipinski definition) is 3. The van der Waals surface area contributed by atoms with Crippen molar-refractivity contribution in [2.75, 3.05) is 20.1 Å². The number of hydrogen-bond acceptors (Lipinski definition) is 4. The molecule has 0 aliphatic rings. The van der Waals surface area contributed by atoms with Crippen molar-refractivity contribution in [2.45, 2.75) is 24.7 Å². The summed E-state index contributed by atoms with van der Waals surface area (Å²) in [6.07, 6.45) is 0.205. The average Bonchev–Trinajstić information content (AvgIpc) is 2.63. The van der Waals surface area contributed by atoms with Crippen LogP contribution in [0, 0.1) is 0 Å². The summed E-state index contributed by atoms with van der Waals surface area (Å²) in [5, 5.41) is 30.9. The molecule has 4 heteroatoms. The van der Waals surface area contributed by atoms with Gasteiger partial charge in [-0.05, 0) is 23.7 Å². The number of benzene rings is 2. The predicted octanol–water partition coefficient (Wildman–Crippen LogP) is 2.47. The summed E-state index contributed by atoms with van der Waals surface area (Å²) in [5.41, 5.74) is 2.40. The average molecular weight is 341 g/mol. The van der Waals surface area contributed by atoms with Crippen molar-refractivity contribution >= 4 is 0 Å². The second-order valence-electron chi connectivity index (χ2n) is 6.36. The van der Waals surface area contributed by atoms with Crippen molar-refractivity contribution in [1.29, 1.82) is 0 Å². The molecule has 0 radical (unpaired) electrons. The Hall–Kier alpha value is -1.98. The maximum Gasteiger partial charge on any atom is 0.0883 e. The van der Waals surface area contributed by atoms with Crippen LogP contribution in [-0.2, 0) is 6.61 Å². The van der Waals surface area contributed by atoms with Crippen LogP contribution < -0.4 is 0 Å². The van der Waals surface area contributed by atoms with Crippen molar-refractivity contribution in [3.63, 3.8) is 0 Å². The molecule has 0 bridgehead atoms. The van der Waals surface area contributed by atoms with Gasteiger partial charge in [-0.25, -0.2) is 0 Å². The standard InChI is InChI=1S/C21H27NO3/c1-3-13-22(2)14-19(24)20(17-7-5-4-6-8-17)21(25)18-11-9-16(15-23)10-12-18/h3-12,19-21,23-25H,1,13-15H2,2H3. The fourth-order valence-corrected chi connectivity index (χ4v) is 3.05. The molecule has 3 unspecified atom stereocenters. The summed E-state index contributed by atoms with van der Waals surface area (Å²) in [6.45, 7) is 4.78. The molecule has 3 N–H and O–H groups in total. The summed E-state index contributed by atoms with van der Waals surface area (Å²) in [4.78, 5) is 1.97. The smallest absolute Gasteiger partial charge is 0.0883 e. The van der Waals surface area contributed by atoms with Crippen LogP contribution in [0.2, 0.25) is 0 Å². The summed E-state index contributed by atoms with van der Waals surface area (Å²) in [5.74, 6) is -0.451. The lowest BCUT2D eigenvalue weighted by molar-refractivity contribution is 0.0356. The summed E-state index contributed by atoms with van der Waals surface area (Å²) < 4.78 is 0. The normalized spacial score (nSPS) is 14.9. The summed E-state index contributed by atoms with van der Waals surface area (Å²) >= 11 is 0. The lowest BCUT2D eigenvalue weighted by atomic mass is 9.84. The molecule has 25 heavy (non-hydrogen) atoms. The van der Waals surface area contributed by atoms with Crippen LogP contribution in [0.4, 0.5) is 0 Å². The molecule has 0 saturated carbocycles. The molecule has 0 spiro atoms. The van der Waals surface area contributed by atoms with Gasteiger partial charge in [-0.1, -0.05) is 60.7 Å². The number of aliphatic hydroxyl groups is 3. The van der Waals surface area contributed by atoms with Crippen LogP contribution in [0.3, 0.4) is 0 Å². The van der Waals surface area contributed by atoms with Crippen LogP contribution in [-0.4, -0.2) is 46.5 Å². The topological polar surface area (TPSA) is 63.9 Å². The molecule has 0 amide bonds. The van der Waals surface area contributed by atoms with Gasteiger partial charge in [0.2, 0.25) is 0 Å². The fraction of sp³-hybridized carbons (Fsp3) is 0.333. The lowest BCUT2D eigenvalue weighted by Crippen LogP contribution is -2.36. The highest BCUT2D eigenvalue weighted by Crippen LogP contribution is 2.34. The lowest BCUT2D eigenvalue weighted by Gasteiger charge is -2.31. The SMILES string of the molecule is C=CCN(C)CC(O)C(c1ccccc1)C(O)c1ccc(CO)cc1. The Kier molecular flexibility index (Phi) is 7.34. The van der Waals surface area contributed by atoms with Crippen molar-refractivity contribution in [1.82, 2.24) is 4.90 Å². The Bertz CT molecular complexity index is 642. The first-order valence-electron chi connectivity index (χ1n) is 8.47. The first-order chi connectivity index (χ1) is 12.1. The molecule has 0 aromatic heterocycles. The van der Waals surface area contributed by atoms with Gasteiger partial charge in [0.05, 0.1) is 18.8 Å². The van der Waals surface area contributed by atoms with Gasteiger partial charge in [-0.3, -0.25) is 0 Å². The fourth-order valence-electron chi connectivity index (χ4n) is 3.05. The van der Waals surface area contributed by atoms with E-state index in [1.165, 1.54) is 0 Å². The van der Waals surface area contributed by atoms with Gasteiger partial charge in [0, 0.05) is 19.0 Å². The third-order valence-corrected chi connectivity index (χ3v) is 4.38. The predicted molar refractivity (Wildman–Crippen MR) is 100 cm³/mol. The third kappa shape index (κ3) is 5.25. The van der Waals surface area contributed by atoms with Gasteiger partial charge in [0.1, 0.15) is 0 Å². The maximum atomic E-state index is 10.9. The van der Waals surface area contributed by atoms with Crippen LogP contribution in [0.25, 0.3) is 0 Å².